The van der Waals surface area contributed by atoms with Crippen LogP contribution in [0.25, 0.3) is 0 Å². The molecule has 1 aliphatic carbocycles. The zero-order valence-corrected chi connectivity index (χ0v) is 8.87. The second-order valence-corrected chi connectivity index (χ2v) is 4.24. The Morgan fingerprint density at radius 3 is 2.50 bits per heavy atom. The van der Waals surface area contributed by atoms with Gasteiger partial charge in [0.15, 0.2) is 0 Å². The largest absolute Gasteiger partial charge is 0.206 e. The predicted octanol–water partition coefficient (Wildman–Crippen LogP) is 3.39. The Morgan fingerprint density at radius 2 is 2.00 bits per heavy atom. The minimum Gasteiger partial charge on any atom is -0.206 e. The summed E-state index contributed by atoms with van der Waals surface area (Å²) < 4.78 is 26.4. The summed E-state index contributed by atoms with van der Waals surface area (Å²) in [4.78, 5) is 0. The molecule has 2 rings (SSSR count). The van der Waals surface area contributed by atoms with Crippen molar-refractivity contribution in [1.82, 2.24) is 0 Å². The highest BCUT2D eigenvalue weighted by Crippen LogP contribution is 2.49. The molecular formula is C11H7BrF2. The fourth-order valence-electron chi connectivity index (χ4n) is 1.51. The van der Waals surface area contributed by atoms with Crippen LogP contribution in [0.5, 0.6) is 0 Å². The Kier molecular flexibility index (Phi) is 2.11. The second-order valence-electron chi connectivity index (χ2n) is 3.45. The summed E-state index contributed by atoms with van der Waals surface area (Å²) in [7, 11) is 0. The molecule has 0 N–H and O–H groups in total. The highest BCUT2D eigenvalue weighted by Gasteiger charge is 2.45. The zero-order chi connectivity index (χ0) is 10.3. The molecule has 0 aromatic heterocycles. The number of halogens is 3. The lowest BCUT2D eigenvalue weighted by molar-refractivity contribution is 0.555. The van der Waals surface area contributed by atoms with Crippen molar-refractivity contribution in [3.63, 3.8) is 0 Å². The van der Waals surface area contributed by atoms with Gasteiger partial charge in [-0.25, -0.2) is 8.78 Å². The SMILES string of the molecule is C#CC1(c2ccc(F)c(Br)c2F)CC1. The van der Waals surface area contributed by atoms with Crippen LogP contribution in [0.3, 0.4) is 0 Å². The van der Waals surface area contributed by atoms with Crippen molar-refractivity contribution >= 4 is 15.9 Å². The monoisotopic (exact) mass is 256 g/mol. The summed E-state index contributed by atoms with van der Waals surface area (Å²) in [6.45, 7) is 0. The molecule has 1 saturated carbocycles. The fourth-order valence-corrected chi connectivity index (χ4v) is 1.86. The Morgan fingerprint density at radius 1 is 1.36 bits per heavy atom. The summed E-state index contributed by atoms with van der Waals surface area (Å²) in [5, 5.41) is 0. The first-order valence-corrected chi connectivity index (χ1v) is 5.02. The van der Waals surface area contributed by atoms with E-state index in [9.17, 15) is 8.78 Å². The van der Waals surface area contributed by atoms with E-state index in [0.717, 1.165) is 12.8 Å². The third-order valence-corrected chi connectivity index (χ3v) is 3.30. The summed E-state index contributed by atoms with van der Waals surface area (Å²) in [5.41, 5.74) is -0.0615. The van der Waals surface area contributed by atoms with Gasteiger partial charge in [0.25, 0.3) is 0 Å². The summed E-state index contributed by atoms with van der Waals surface area (Å²) in [5.74, 6) is 1.41. The van der Waals surface area contributed by atoms with Gasteiger partial charge >= 0.3 is 0 Å². The van der Waals surface area contributed by atoms with Crippen LogP contribution < -0.4 is 0 Å². The van der Waals surface area contributed by atoms with Crippen LogP contribution in [0.1, 0.15) is 18.4 Å². The maximum absolute atomic E-state index is 13.6. The number of hydrogen-bond donors (Lipinski definition) is 0. The Labute approximate surface area is 89.4 Å². The van der Waals surface area contributed by atoms with Crippen LogP contribution in [-0.4, -0.2) is 0 Å². The number of hydrogen-bond acceptors (Lipinski definition) is 0. The van der Waals surface area contributed by atoms with E-state index >= 15 is 0 Å². The number of benzene rings is 1. The van der Waals surface area contributed by atoms with Crippen molar-refractivity contribution in [3.05, 3.63) is 33.8 Å². The fraction of sp³-hybridized carbons (Fsp3) is 0.273. The van der Waals surface area contributed by atoms with Crippen LogP contribution in [0.15, 0.2) is 16.6 Å². The average Bonchev–Trinajstić information content (AvgIpc) is 2.95. The van der Waals surface area contributed by atoms with E-state index in [1.807, 2.05) is 0 Å². The molecule has 0 heterocycles. The van der Waals surface area contributed by atoms with Crippen molar-refractivity contribution in [2.24, 2.45) is 0 Å². The molecule has 72 valence electrons. The second kappa shape index (κ2) is 3.06. The van der Waals surface area contributed by atoms with Gasteiger partial charge in [-0.3, -0.25) is 0 Å². The third kappa shape index (κ3) is 1.26. The zero-order valence-electron chi connectivity index (χ0n) is 7.28. The molecule has 0 bridgehead atoms. The van der Waals surface area contributed by atoms with E-state index in [1.54, 1.807) is 0 Å². The van der Waals surface area contributed by atoms with Gasteiger partial charge in [0.1, 0.15) is 11.6 Å². The lowest BCUT2D eigenvalue weighted by Gasteiger charge is -2.10. The van der Waals surface area contributed by atoms with Gasteiger partial charge in [0, 0.05) is 5.56 Å². The highest BCUT2D eigenvalue weighted by molar-refractivity contribution is 9.10. The standard InChI is InChI=1S/C11H7BrF2/c1-2-11(5-6-11)7-3-4-8(13)9(12)10(7)14/h1,3-4H,5-6H2. The molecule has 3 heteroatoms. The highest BCUT2D eigenvalue weighted by atomic mass is 79.9. The van der Waals surface area contributed by atoms with Gasteiger partial charge in [-0.15, -0.1) is 6.42 Å². The molecule has 1 aliphatic rings. The number of terminal acetylenes is 1. The van der Waals surface area contributed by atoms with Crippen LogP contribution in [0.4, 0.5) is 8.78 Å². The normalized spacial score (nSPS) is 17.6. The third-order valence-electron chi connectivity index (χ3n) is 2.58. The van der Waals surface area contributed by atoms with Crippen LogP contribution in [0, 0.1) is 24.0 Å². The van der Waals surface area contributed by atoms with Crippen molar-refractivity contribution in [2.45, 2.75) is 18.3 Å². The van der Waals surface area contributed by atoms with Crippen LogP contribution in [0.2, 0.25) is 0 Å². The van der Waals surface area contributed by atoms with E-state index in [1.165, 1.54) is 12.1 Å². The minimum atomic E-state index is -0.598. The Balaban J connectivity index is 2.57. The molecule has 14 heavy (non-hydrogen) atoms. The van der Waals surface area contributed by atoms with Crippen molar-refractivity contribution in [1.29, 1.82) is 0 Å². The van der Waals surface area contributed by atoms with Crippen molar-refractivity contribution < 1.29 is 8.78 Å². The van der Waals surface area contributed by atoms with Crippen molar-refractivity contribution in [2.75, 3.05) is 0 Å². The summed E-state index contributed by atoms with van der Waals surface area (Å²) in [6.07, 6.45) is 6.88. The molecule has 1 aromatic rings. The molecule has 0 radical (unpaired) electrons. The topological polar surface area (TPSA) is 0 Å². The maximum atomic E-state index is 13.6. The molecule has 0 saturated heterocycles. The summed E-state index contributed by atoms with van der Waals surface area (Å²) in [6, 6.07) is 2.67. The molecule has 1 fully saturated rings. The molecule has 1 aromatic carbocycles. The van der Waals surface area contributed by atoms with Gasteiger partial charge in [-0.05, 0) is 34.8 Å². The Hall–Kier alpha value is -0.880. The van der Waals surface area contributed by atoms with Gasteiger partial charge < -0.3 is 0 Å². The first-order valence-electron chi connectivity index (χ1n) is 4.22. The lowest BCUT2D eigenvalue weighted by atomic mass is 9.96. The first-order chi connectivity index (χ1) is 6.60. The smallest absolute Gasteiger partial charge is 0.145 e. The molecule has 0 aliphatic heterocycles. The Bertz CT molecular complexity index is 428. The minimum absolute atomic E-state index is 0.128. The molecule has 0 atom stereocenters. The van der Waals surface area contributed by atoms with Gasteiger partial charge in [-0.1, -0.05) is 12.0 Å². The van der Waals surface area contributed by atoms with E-state index in [0.29, 0.717) is 5.56 Å². The molecular weight excluding hydrogens is 250 g/mol. The van der Waals surface area contributed by atoms with Gasteiger partial charge in [-0.2, -0.15) is 0 Å². The van der Waals surface area contributed by atoms with E-state index in [4.69, 9.17) is 6.42 Å². The summed E-state index contributed by atoms with van der Waals surface area (Å²) >= 11 is 2.86. The quantitative estimate of drug-likeness (QED) is 0.534. The van der Waals surface area contributed by atoms with Crippen molar-refractivity contribution in [3.8, 4) is 12.3 Å². The molecule has 0 spiro atoms. The molecule has 0 nitrogen and oxygen atoms in total. The number of rotatable bonds is 1. The molecule has 0 unspecified atom stereocenters. The predicted molar refractivity (Wildman–Crippen MR) is 53.8 cm³/mol. The van der Waals surface area contributed by atoms with E-state index in [-0.39, 0.29) is 4.47 Å². The van der Waals surface area contributed by atoms with Gasteiger partial charge in [0.2, 0.25) is 0 Å². The maximum Gasteiger partial charge on any atom is 0.145 e. The van der Waals surface area contributed by atoms with Crippen LogP contribution in [-0.2, 0) is 5.41 Å². The van der Waals surface area contributed by atoms with E-state index < -0.39 is 17.0 Å². The van der Waals surface area contributed by atoms with Crippen LogP contribution >= 0.6 is 15.9 Å². The van der Waals surface area contributed by atoms with E-state index in [2.05, 4.69) is 21.9 Å². The molecule has 0 amide bonds. The average molecular weight is 257 g/mol. The first kappa shape index (κ1) is 9.67. The van der Waals surface area contributed by atoms with Gasteiger partial charge in [0.05, 0.1) is 9.89 Å². The lowest BCUT2D eigenvalue weighted by Crippen LogP contribution is -2.06.